The summed E-state index contributed by atoms with van der Waals surface area (Å²) in [6.45, 7) is 1.33. The Balaban J connectivity index is 1.68. The van der Waals surface area contributed by atoms with Crippen molar-refractivity contribution in [2.75, 3.05) is 13.2 Å². The van der Waals surface area contributed by atoms with Crippen molar-refractivity contribution >= 4 is 6.08 Å². The molecule has 1 fully saturated rings. The van der Waals surface area contributed by atoms with Gasteiger partial charge in [0.2, 0.25) is 0 Å². The van der Waals surface area contributed by atoms with Crippen LogP contribution in [0.5, 0.6) is 0 Å². The molecule has 0 bridgehead atoms. The van der Waals surface area contributed by atoms with Crippen LogP contribution in [-0.2, 0) is 4.74 Å². The van der Waals surface area contributed by atoms with E-state index in [0.29, 0.717) is 13.2 Å². The predicted molar refractivity (Wildman–Crippen MR) is 76.3 cm³/mol. The predicted octanol–water partition coefficient (Wildman–Crippen LogP) is 3.38. The van der Waals surface area contributed by atoms with Gasteiger partial charge in [0.1, 0.15) is 0 Å². The van der Waals surface area contributed by atoms with Crippen molar-refractivity contribution in [2.45, 2.75) is 37.6 Å². The van der Waals surface area contributed by atoms with Crippen molar-refractivity contribution in [3.05, 3.63) is 42.0 Å². The van der Waals surface area contributed by atoms with Gasteiger partial charge in [0.05, 0.1) is 13.2 Å². The van der Waals surface area contributed by atoms with Gasteiger partial charge in [-0.3, -0.25) is 0 Å². The summed E-state index contributed by atoms with van der Waals surface area (Å²) < 4.78 is 5.69. The van der Waals surface area contributed by atoms with Crippen LogP contribution in [0, 0.1) is 0 Å². The maximum atomic E-state index is 6.30. The van der Waals surface area contributed by atoms with Gasteiger partial charge in [0.15, 0.2) is 0 Å². The SMILES string of the molecule is NC1(COCC=Cc2ccccc2)CCCCC1. The largest absolute Gasteiger partial charge is 0.375 e. The second kappa shape index (κ2) is 6.72. The zero-order valence-electron chi connectivity index (χ0n) is 11.0. The van der Waals surface area contributed by atoms with Gasteiger partial charge in [-0.05, 0) is 18.4 Å². The van der Waals surface area contributed by atoms with Crippen molar-refractivity contribution in [1.82, 2.24) is 0 Å². The summed E-state index contributed by atoms with van der Waals surface area (Å²) in [6, 6.07) is 10.3. The molecule has 98 valence electrons. The Hall–Kier alpha value is -1.12. The van der Waals surface area contributed by atoms with Crippen LogP contribution >= 0.6 is 0 Å². The molecule has 0 heterocycles. The molecule has 0 amide bonds. The fourth-order valence-electron chi connectivity index (χ4n) is 2.48. The topological polar surface area (TPSA) is 35.2 Å². The first-order chi connectivity index (χ1) is 8.79. The van der Waals surface area contributed by atoms with Gasteiger partial charge < -0.3 is 10.5 Å². The third kappa shape index (κ3) is 4.28. The van der Waals surface area contributed by atoms with E-state index in [0.717, 1.165) is 12.8 Å². The Morgan fingerprint density at radius 1 is 1.11 bits per heavy atom. The number of nitrogens with two attached hydrogens (primary N) is 1. The van der Waals surface area contributed by atoms with E-state index in [9.17, 15) is 0 Å². The maximum absolute atomic E-state index is 6.30. The van der Waals surface area contributed by atoms with Crippen molar-refractivity contribution in [3.8, 4) is 0 Å². The normalized spacial score (nSPS) is 19.2. The summed E-state index contributed by atoms with van der Waals surface area (Å²) in [5.74, 6) is 0. The molecule has 2 rings (SSSR count). The van der Waals surface area contributed by atoms with E-state index in [1.54, 1.807) is 0 Å². The summed E-state index contributed by atoms with van der Waals surface area (Å²) >= 11 is 0. The Bertz CT molecular complexity index is 366. The Kier molecular flexibility index (Phi) is 4.97. The molecule has 1 saturated carbocycles. The Morgan fingerprint density at radius 2 is 1.83 bits per heavy atom. The van der Waals surface area contributed by atoms with Crippen LogP contribution in [0.15, 0.2) is 36.4 Å². The lowest BCUT2D eigenvalue weighted by molar-refractivity contribution is 0.0858. The molecule has 2 heteroatoms. The first-order valence-corrected chi connectivity index (χ1v) is 6.87. The lowest BCUT2D eigenvalue weighted by Crippen LogP contribution is -2.46. The molecule has 1 aliphatic rings. The fraction of sp³-hybridized carbons (Fsp3) is 0.500. The minimum absolute atomic E-state index is 0.0706. The van der Waals surface area contributed by atoms with Gasteiger partial charge in [-0.25, -0.2) is 0 Å². The highest BCUT2D eigenvalue weighted by molar-refractivity contribution is 5.48. The monoisotopic (exact) mass is 245 g/mol. The number of hydrogen-bond acceptors (Lipinski definition) is 2. The first kappa shape index (κ1) is 13.3. The average molecular weight is 245 g/mol. The maximum Gasteiger partial charge on any atom is 0.0651 e. The smallest absolute Gasteiger partial charge is 0.0651 e. The molecule has 1 aromatic carbocycles. The van der Waals surface area contributed by atoms with Crippen molar-refractivity contribution in [3.63, 3.8) is 0 Å². The molecule has 0 spiro atoms. The summed E-state index contributed by atoms with van der Waals surface area (Å²) in [7, 11) is 0. The molecule has 0 atom stereocenters. The number of benzene rings is 1. The zero-order valence-corrected chi connectivity index (χ0v) is 11.0. The standard InChI is InChI=1S/C16H23NO/c17-16(11-5-2-6-12-16)14-18-13-7-10-15-8-3-1-4-9-15/h1,3-4,7-10H,2,5-6,11-14,17H2. The van der Waals surface area contributed by atoms with E-state index in [1.807, 2.05) is 18.2 Å². The van der Waals surface area contributed by atoms with Crippen LogP contribution in [0.25, 0.3) is 6.08 Å². The minimum Gasteiger partial charge on any atom is -0.375 e. The van der Waals surface area contributed by atoms with Gasteiger partial charge in [0.25, 0.3) is 0 Å². The Labute approximate surface area is 110 Å². The van der Waals surface area contributed by atoms with Gasteiger partial charge in [-0.15, -0.1) is 0 Å². The van der Waals surface area contributed by atoms with Gasteiger partial charge in [-0.2, -0.15) is 0 Å². The van der Waals surface area contributed by atoms with Crippen LogP contribution in [0.2, 0.25) is 0 Å². The van der Waals surface area contributed by atoms with E-state index in [4.69, 9.17) is 10.5 Å². The van der Waals surface area contributed by atoms with E-state index in [2.05, 4.69) is 24.3 Å². The van der Waals surface area contributed by atoms with Gasteiger partial charge in [0, 0.05) is 5.54 Å². The van der Waals surface area contributed by atoms with Crippen LogP contribution in [0.3, 0.4) is 0 Å². The fourth-order valence-corrected chi connectivity index (χ4v) is 2.48. The van der Waals surface area contributed by atoms with E-state index < -0.39 is 0 Å². The second-order valence-corrected chi connectivity index (χ2v) is 5.25. The van der Waals surface area contributed by atoms with Crippen molar-refractivity contribution in [2.24, 2.45) is 5.73 Å². The third-order valence-corrected chi connectivity index (χ3v) is 3.56. The molecule has 18 heavy (non-hydrogen) atoms. The average Bonchev–Trinajstić information content (AvgIpc) is 2.40. The van der Waals surface area contributed by atoms with Crippen LogP contribution in [0.4, 0.5) is 0 Å². The number of rotatable bonds is 5. The van der Waals surface area contributed by atoms with Crippen LogP contribution in [-0.4, -0.2) is 18.8 Å². The zero-order chi connectivity index (χ0) is 12.7. The lowest BCUT2D eigenvalue weighted by atomic mass is 9.83. The van der Waals surface area contributed by atoms with Crippen LogP contribution in [0.1, 0.15) is 37.7 Å². The van der Waals surface area contributed by atoms with Gasteiger partial charge in [-0.1, -0.05) is 61.7 Å². The van der Waals surface area contributed by atoms with E-state index >= 15 is 0 Å². The van der Waals surface area contributed by atoms with E-state index in [-0.39, 0.29) is 5.54 Å². The first-order valence-electron chi connectivity index (χ1n) is 6.87. The molecule has 0 aliphatic heterocycles. The lowest BCUT2D eigenvalue weighted by Gasteiger charge is -2.32. The van der Waals surface area contributed by atoms with Crippen molar-refractivity contribution < 1.29 is 4.74 Å². The third-order valence-electron chi connectivity index (χ3n) is 3.56. The highest BCUT2D eigenvalue weighted by atomic mass is 16.5. The molecule has 2 N–H and O–H groups in total. The van der Waals surface area contributed by atoms with Gasteiger partial charge >= 0.3 is 0 Å². The second-order valence-electron chi connectivity index (χ2n) is 5.25. The quantitative estimate of drug-likeness (QED) is 0.807. The molecule has 0 radical (unpaired) electrons. The molecule has 1 aromatic rings. The molecule has 0 unspecified atom stereocenters. The summed E-state index contributed by atoms with van der Waals surface area (Å²) in [5.41, 5.74) is 7.44. The van der Waals surface area contributed by atoms with E-state index in [1.165, 1.54) is 24.8 Å². The highest BCUT2D eigenvalue weighted by Gasteiger charge is 2.27. The molecular formula is C16H23NO. The molecule has 0 saturated heterocycles. The van der Waals surface area contributed by atoms with Crippen molar-refractivity contribution in [1.29, 1.82) is 0 Å². The molecular weight excluding hydrogens is 222 g/mol. The number of ether oxygens (including phenoxy) is 1. The summed E-state index contributed by atoms with van der Waals surface area (Å²) in [6.07, 6.45) is 10.2. The highest BCUT2D eigenvalue weighted by Crippen LogP contribution is 2.25. The minimum atomic E-state index is -0.0706. The summed E-state index contributed by atoms with van der Waals surface area (Å²) in [5, 5.41) is 0. The molecule has 1 aliphatic carbocycles. The summed E-state index contributed by atoms with van der Waals surface area (Å²) in [4.78, 5) is 0. The Morgan fingerprint density at radius 3 is 2.56 bits per heavy atom. The molecule has 2 nitrogen and oxygen atoms in total. The van der Waals surface area contributed by atoms with Crippen LogP contribution < -0.4 is 5.73 Å². The number of hydrogen-bond donors (Lipinski definition) is 1. The molecule has 0 aromatic heterocycles.